The summed E-state index contributed by atoms with van der Waals surface area (Å²) in [6, 6.07) is 1.93. The maximum Gasteiger partial charge on any atom is 0.138 e. The molecule has 2 heterocycles. The third kappa shape index (κ3) is 3.07. The molecule has 4 nitrogen and oxygen atoms in total. The van der Waals surface area contributed by atoms with Crippen molar-refractivity contribution in [2.24, 2.45) is 5.92 Å². The number of aromatic nitrogens is 1. The van der Waals surface area contributed by atoms with E-state index >= 15 is 0 Å². The van der Waals surface area contributed by atoms with Crippen molar-refractivity contribution < 1.29 is 9.84 Å². The van der Waals surface area contributed by atoms with Crippen LogP contribution in [0.4, 0.5) is 0 Å². The van der Waals surface area contributed by atoms with Crippen LogP contribution >= 0.6 is 0 Å². The Morgan fingerprint density at radius 1 is 1.53 bits per heavy atom. The van der Waals surface area contributed by atoms with Gasteiger partial charge in [0.1, 0.15) is 5.75 Å². The summed E-state index contributed by atoms with van der Waals surface area (Å²) in [5.41, 5.74) is 0.0857. The van der Waals surface area contributed by atoms with E-state index in [0.717, 1.165) is 37.2 Å². The fraction of sp³-hybridized carbons (Fsp3) is 0.667. The summed E-state index contributed by atoms with van der Waals surface area (Å²) in [5.74, 6) is 0.951. The normalized spacial score (nSPS) is 27.5. The quantitative estimate of drug-likeness (QED) is 0.874. The van der Waals surface area contributed by atoms with Crippen LogP contribution in [0.5, 0.6) is 5.75 Å². The van der Waals surface area contributed by atoms with Crippen molar-refractivity contribution >= 4 is 0 Å². The molecule has 1 aliphatic rings. The van der Waals surface area contributed by atoms with Gasteiger partial charge in [0.05, 0.1) is 17.9 Å². The standard InChI is InChI=1S/C15H24N2O2/c1-4-12-8-16-6-5-15(12,18)13-7-14(10-17-9-13)19-11(2)3/h7,9-12,16,18H,4-6,8H2,1-3H3. The Balaban J connectivity index is 2.28. The second-order valence-electron chi connectivity index (χ2n) is 5.56. The molecule has 1 saturated heterocycles. The predicted octanol–water partition coefficient (Wildman–Crippen LogP) is 2.08. The summed E-state index contributed by atoms with van der Waals surface area (Å²) in [6.45, 7) is 7.77. The van der Waals surface area contributed by atoms with Crippen molar-refractivity contribution in [1.82, 2.24) is 10.3 Å². The van der Waals surface area contributed by atoms with Gasteiger partial charge < -0.3 is 15.2 Å². The van der Waals surface area contributed by atoms with E-state index in [1.807, 2.05) is 19.9 Å². The number of aliphatic hydroxyl groups is 1. The van der Waals surface area contributed by atoms with Crippen molar-refractivity contribution in [3.8, 4) is 5.75 Å². The Kier molecular flexibility index (Phi) is 4.42. The Morgan fingerprint density at radius 3 is 3.00 bits per heavy atom. The van der Waals surface area contributed by atoms with Crippen LogP contribution in [0.2, 0.25) is 0 Å². The molecule has 1 aromatic rings. The lowest BCUT2D eigenvalue weighted by Gasteiger charge is -2.40. The Labute approximate surface area is 115 Å². The van der Waals surface area contributed by atoms with E-state index < -0.39 is 5.60 Å². The monoisotopic (exact) mass is 264 g/mol. The maximum absolute atomic E-state index is 11.0. The van der Waals surface area contributed by atoms with E-state index in [0.29, 0.717) is 0 Å². The van der Waals surface area contributed by atoms with Gasteiger partial charge in [-0.3, -0.25) is 4.98 Å². The number of piperidine rings is 1. The number of pyridine rings is 1. The Bertz CT molecular complexity index is 422. The molecule has 106 valence electrons. The largest absolute Gasteiger partial charge is 0.489 e. The van der Waals surface area contributed by atoms with Gasteiger partial charge in [-0.25, -0.2) is 0 Å². The summed E-state index contributed by atoms with van der Waals surface area (Å²) in [4.78, 5) is 4.22. The first kappa shape index (κ1) is 14.3. The molecular formula is C15H24N2O2. The number of ether oxygens (including phenoxy) is 1. The molecule has 0 aliphatic carbocycles. The van der Waals surface area contributed by atoms with Gasteiger partial charge in [0.2, 0.25) is 0 Å². The molecule has 0 amide bonds. The van der Waals surface area contributed by atoms with Crippen LogP contribution in [0.25, 0.3) is 0 Å². The summed E-state index contributed by atoms with van der Waals surface area (Å²) >= 11 is 0. The van der Waals surface area contributed by atoms with E-state index in [9.17, 15) is 5.11 Å². The highest BCUT2D eigenvalue weighted by Crippen LogP contribution is 2.37. The van der Waals surface area contributed by atoms with Crippen molar-refractivity contribution in [2.45, 2.75) is 45.3 Å². The minimum absolute atomic E-state index is 0.113. The zero-order valence-electron chi connectivity index (χ0n) is 12.0. The van der Waals surface area contributed by atoms with Crippen LogP contribution in [0.15, 0.2) is 18.5 Å². The van der Waals surface area contributed by atoms with Gasteiger partial charge in [-0.2, -0.15) is 0 Å². The van der Waals surface area contributed by atoms with Crippen LogP contribution in [-0.2, 0) is 5.60 Å². The summed E-state index contributed by atoms with van der Waals surface area (Å²) < 4.78 is 5.67. The first-order valence-electron chi connectivity index (χ1n) is 7.11. The minimum atomic E-state index is -0.788. The van der Waals surface area contributed by atoms with Gasteiger partial charge in [-0.15, -0.1) is 0 Å². The molecule has 0 saturated carbocycles. The van der Waals surface area contributed by atoms with Gasteiger partial charge >= 0.3 is 0 Å². The smallest absolute Gasteiger partial charge is 0.138 e. The van der Waals surface area contributed by atoms with Crippen LogP contribution in [-0.4, -0.2) is 29.3 Å². The van der Waals surface area contributed by atoms with Crippen molar-refractivity contribution in [3.05, 3.63) is 24.0 Å². The van der Waals surface area contributed by atoms with Crippen molar-refractivity contribution in [1.29, 1.82) is 0 Å². The zero-order chi connectivity index (χ0) is 13.9. The zero-order valence-corrected chi connectivity index (χ0v) is 12.0. The summed E-state index contributed by atoms with van der Waals surface area (Å²) in [7, 11) is 0. The molecule has 0 spiro atoms. The highest BCUT2D eigenvalue weighted by atomic mass is 16.5. The molecule has 1 aromatic heterocycles. The molecule has 2 atom stereocenters. The average molecular weight is 264 g/mol. The molecule has 0 bridgehead atoms. The topological polar surface area (TPSA) is 54.4 Å². The van der Waals surface area contributed by atoms with Crippen LogP contribution in [0, 0.1) is 5.92 Å². The molecule has 2 unspecified atom stereocenters. The lowest BCUT2D eigenvalue weighted by Crippen LogP contribution is -2.47. The molecule has 4 heteroatoms. The summed E-state index contributed by atoms with van der Waals surface area (Å²) in [6.07, 6.45) is 5.24. The van der Waals surface area contributed by atoms with Gasteiger partial charge in [-0.05, 0) is 39.3 Å². The van der Waals surface area contributed by atoms with Crippen LogP contribution < -0.4 is 10.1 Å². The number of hydrogen-bond acceptors (Lipinski definition) is 4. The number of rotatable bonds is 4. The van der Waals surface area contributed by atoms with Crippen LogP contribution in [0.3, 0.4) is 0 Å². The van der Waals surface area contributed by atoms with Gasteiger partial charge in [0.25, 0.3) is 0 Å². The molecule has 19 heavy (non-hydrogen) atoms. The lowest BCUT2D eigenvalue weighted by atomic mass is 9.76. The Hall–Kier alpha value is -1.13. The van der Waals surface area contributed by atoms with Gasteiger partial charge in [-0.1, -0.05) is 6.92 Å². The molecule has 1 aliphatic heterocycles. The first-order chi connectivity index (χ1) is 9.06. The fourth-order valence-electron chi connectivity index (χ4n) is 2.78. The molecular weight excluding hydrogens is 240 g/mol. The van der Waals surface area contributed by atoms with Crippen molar-refractivity contribution in [2.75, 3.05) is 13.1 Å². The molecule has 1 fully saturated rings. The highest BCUT2D eigenvalue weighted by molar-refractivity contribution is 5.29. The van der Waals surface area contributed by atoms with E-state index in [1.54, 1.807) is 12.4 Å². The highest BCUT2D eigenvalue weighted by Gasteiger charge is 2.39. The number of nitrogens with zero attached hydrogens (tertiary/aromatic N) is 1. The first-order valence-corrected chi connectivity index (χ1v) is 7.11. The minimum Gasteiger partial charge on any atom is -0.489 e. The Morgan fingerprint density at radius 2 is 2.32 bits per heavy atom. The number of nitrogens with one attached hydrogen (secondary N) is 1. The maximum atomic E-state index is 11.0. The SMILES string of the molecule is CCC1CNCCC1(O)c1cncc(OC(C)C)c1. The summed E-state index contributed by atoms with van der Waals surface area (Å²) in [5, 5.41) is 14.4. The second-order valence-corrected chi connectivity index (χ2v) is 5.56. The van der Waals surface area contributed by atoms with Crippen LogP contribution in [0.1, 0.15) is 39.2 Å². The average Bonchev–Trinajstić information content (AvgIpc) is 2.39. The third-order valence-corrected chi connectivity index (χ3v) is 3.83. The molecule has 2 rings (SSSR count). The molecule has 0 radical (unpaired) electrons. The molecule has 2 N–H and O–H groups in total. The third-order valence-electron chi connectivity index (χ3n) is 3.83. The van der Waals surface area contributed by atoms with Crippen molar-refractivity contribution in [3.63, 3.8) is 0 Å². The van der Waals surface area contributed by atoms with E-state index in [4.69, 9.17) is 4.74 Å². The second kappa shape index (κ2) is 5.88. The lowest BCUT2D eigenvalue weighted by molar-refractivity contribution is -0.0483. The van der Waals surface area contributed by atoms with Gasteiger partial charge in [0.15, 0.2) is 0 Å². The van der Waals surface area contributed by atoms with Gasteiger partial charge in [0, 0.05) is 24.2 Å². The van der Waals surface area contributed by atoms with E-state index in [2.05, 4.69) is 17.2 Å². The fourth-order valence-corrected chi connectivity index (χ4v) is 2.78. The molecule has 0 aromatic carbocycles. The number of hydrogen-bond donors (Lipinski definition) is 2. The van der Waals surface area contributed by atoms with E-state index in [-0.39, 0.29) is 12.0 Å². The van der Waals surface area contributed by atoms with E-state index in [1.165, 1.54) is 0 Å². The predicted molar refractivity (Wildman–Crippen MR) is 75.2 cm³/mol.